The number of aryl methyl sites for hydroxylation is 2. The number of hydrogen-bond acceptors (Lipinski definition) is 5. The first-order valence-electron chi connectivity index (χ1n) is 10.5. The number of nitrogens with zero attached hydrogens (tertiary/aromatic N) is 3. The van der Waals surface area contributed by atoms with Gasteiger partial charge >= 0.3 is 0 Å². The van der Waals surface area contributed by atoms with Crippen LogP contribution >= 0.6 is 11.8 Å². The number of hydrogen-bond donors (Lipinski definition) is 1. The summed E-state index contributed by atoms with van der Waals surface area (Å²) in [5, 5.41) is 12.4. The Hall–Kier alpha value is -3.51. The van der Waals surface area contributed by atoms with Crippen LogP contribution < -0.4 is 5.32 Å². The van der Waals surface area contributed by atoms with Gasteiger partial charge in [0.05, 0.1) is 0 Å². The van der Waals surface area contributed by atoms with E-state index in [1.165, 1.54) is 11.8 Å². The van der Waals surface area contributed by atoms with Crippen LogP contribution in [-0.2, 0) is 4.79 Å². The number of anilines is 1. The molecular weight excluding hydrogens is 416 g/mol. The van der Waals surface area contributed by atoms with Crippen molar-refractivity contribution in [2.24, 2.45) is 0 Å². The first-order valence-corrected chi connectivity index (χ1v) is 11.4. The summed E-state index contributed by atoms with van der Waals surface area (Å²) < 4.78 is 0. The second kappa shape index (κ2) is 10.2. The monoisotopic (exact) mass is 440 g/mol. The van der Waals surface area contributed by atoms with E-state index in [9.17, 15) is 4.79 Å². The number of aromatic nitrogens is 3. The molecule has 3 aromatic carbocycles. The maximum atomic E-state index is 12.4. The first kappa shape index (κ1) is 21.7. The molecule has 0 fully saturated rings. The fraction of sp³-hybridized carbons (Fsp3) is 0.154. The lowest BCUT2D eigenvalue weighted by atomic mass is 10.0. The molecule has 1 amide bonds. The fourth-order valence-corrected chi connectivity index (χ4v) is 4.00. The van der Waals surface area contributed by atoms with Crippen molar-refractivity contribution in [2.45, 2.75) is 25.4 Å². The Bertz CT molecular complexity index is 1210. The van der Waals surface area contributed by atoms with E-state index in [0.29, 0.717) is 17.3 Å². The zero-order chi connectivity index (χ0) is 22.3. The SMILES string of the molecule is Cc1ccc(C)c(NC(=O)CCSc2nnc(-c3ccccc3)c(-c3ccccc3)n2)c1. The van der Waals surface area contributed by atoms with Crippen molar-refractivity contribution < 1.29 is 4.79 Å². The molecule has 5 nitrogen and oxygen atoms in total. The summed E-state index contributed by atoms with van der Waals surface area (Å²) in [5.74, 6) is 0.542. The van der Waals surface area contributed by atoms with Crippen LogP contribution in [0.3, 0.4) is 0 Å². The van der Waals surface area contributed by atoms with Crippen molar-refractivity contribution in [1.82, 2.24) is 15.2 Å². The summed E-state index contributed by atoms with van der Waals surface area (Å²) >= 11 is 1.43. The molecule has 1 aromatic heterocycles. The van der Waals surface area contributed by atoms with E-state index >= 15 is 0 Å². The third-order valence-electron chi connectivity index (χ3n) is 4.99. The summed E-state index contributed by atoms with van der Waals surface area (Å²) in [6, 6.07) is 25.9. The molecule has 4 rings (SSSR count). The number of benzene rings is 3. The lowest BCUT2D eigenvalue weighted by Gasteiger charge is -2.10. The molecule has 0 aliphatic rings. The van der Waals surface area contributed by atoms with Gasteiger partial charge in [0.1, 0.15) is 11.4 Å². The molecule has 1 heterocycles. The van der Waals surface area contributed by atoms with E-state index < -0.39 is 0 Å². The van der Waals surface area contributed by atoms with E-state index in [-0.39, 0.29) is 5.91 Å². The standard InChI is InChI=1S/C26H24N4OS/c1-18-13-14-19(2)22(17-18)27-23(31)15-16-32-26-28-24(20-9-5-3-6-10-20)25(29-30-26)21-11-7-4-8-12-21/h3-14,17H,15-16H2,1-2H3,(H,27,31). The van der Waals surface area contributed by atoms with Crippen LogP contribution in [0.15, 0.2) is 84.0 Å². The maximum Gasteiger partial charge on any atom is 0.225 e. The van der Waals surface area contributed by atoms with Gasteiger partial charge in [-0.15, -0.1) is 10.2 Å². The largest absolute Gasteiger partial charge is 0.326 e. The van der Waals surface area contributed by atoms with Crippen LogP contribution in [0, 0.1) is 13.8 Å². The molecule has 1 N–H and O–H groups in total. The van der Waals surface area contributed by atoms with Crippen molar-refractivity contribution >= 4 is 23.4 Å². The highest BCUT2D eigenvalue weighted by molar-refractivity contribution is 7.99. The van der Waals surface area contributed by atoms with E-state index in [4.69, 9.17) is 4.98 Å². The van der Waals surface area contributed by atoms with Crippen molar-refractivity contribution in [3.63, 3.8) is 0 Å². The topological polar surface area (TPSA) is 67.8 Å². The lowest BCUT2D eigenvalue weighted by molar-refractivity contribution is -0.115. The molecule has 32 heavy (non-hydrogen) atoms. The van der Waals surface area contributed by atoms with E-state index in [1.807, 2.05) is 92.7 Å². The minimum absolute atomic E-state index is 0.0247. The zero-order valence-corrected chi connectivity index (χ0v) is 18.9. The highest BCUT2D eigenvalue weighted by Crippen LogP contribution is 2.29. The summed E-state index contributed by atoms with van der Waals surface area (Å²) in [4.78, 5) is 17.2. The fourth-order valence-electron chi connectivity index (χ4n) is 3.28. The molecule has 160 valence electrons. The molecule has 0 aliphatic heterocycles. The van der Waals surface area contributed by atoms with Gasteiger partial charge in [-0.3, -0.25) is 4.79 Å². The molecule has 0 radical (unpaired) electrons. The second-order valence-corrected chi connectivity index (χ2v) is 8.55. The Morgan fingerprint density at radius 2 is 1.50 bits per heavy atom. The Labute approximate surface area is 192 Å². The van der Waals surface area contributed by atoms with Crippen molar-refractivity contribution in [1.29, 1.82) is 0 Å². The van der Waals surface area contributed by atoms with Crippen molar-refractivity contribution in [3.05, 3.63) is 90.0 Å². The van der Waals surface area contributed by atoms with Gasteiger partial charge in [-0.2, -0.15) is 0 Å². The van der Waals surface area contributed by atoms with Gasteiger partial charge in [0.2, 0.25) is 11.1 Å². The molecule has 0 spiro atoms. The lowest BCUT2D eigenvalue weighted by Crippen LogP contribution is -2.13. The van der Waals surface area contributed by atoms with Crippen molar-refractivity contribution in [3.8, 4) is 22.5 Å². The normalized spacial score (nSPS) is 10.7. The predicted octanol–water partition coefficient (Wildman–Crippen LogP) is 5.94. The number of carbonyl (C=O) groups excluding carboxylic acids is 1. The van der Waals surface area contributed by atoms with Crippen LogP contribution in [0.5, 0.6) is 0 Å². The molecule has 6 heteroatoms. The van der Waals surface area contributed by atoms with Crippen LogP contribution in [0.4, 0.5) is 5.69 Å². The number of rotatable bonds is 7. The Morgan fingerprint density at radius 3 is 2.19 bits per heavy atom. The maximum absolute atomic E-state index is 12.4. The third kappa shape index (κ3) is 5.39. The van der Waals surface area contributed by atoms with Crippen LogP contribution in [-0.4, -0.2) is 26.8 Å². The number of nitrogens with one attached hydrogen (secondary N) is 1. The average molecular weight is 441 g/mol. The van der Waals surface area contributed by atoms with E-state index in [2.05, 4.69) is 15.5 Å². The predicted molar refractivity (Wildman–Crippen MR) is 131 cm³/mol. The van der Waals surface area contributed by atoms with Crippen LogP contribution in [0.25, 0.3) is 22.5 Å². The molecule has 0 unspecified atom stereocenters. The Kier molecular flexibility index (Phi) is 6.92. The van der Waals surface area contributed by atoms with Gasteiger partial charge in [-0.05, 0) is 31.0 Å². The van der Waals surface area contributed by atoms with E-state index in [1.54, 1.807) is 0 Å². The van der Waals surface area contributed by atoms with Gasteiger partial charge in [0.25, 0.3) is 0 Å². The van der Waals surface area contributed by atoms with Crippen LogP contribution in [0.2, 0.25) is 0 Å². The van der Waals surface area contributed by atoms with Gasteiger partial charge in [-0.1, -0.05) is 84.6 Å². The Morgan fingerprint density at radius 1 is 0.844 bits per heavy atom. The molecule has 0 saturated carbocycles. The summed E-state index contributed by atoms with van der Waals surface area (Å²) in [6.45, 7) is 4.00. The molecule has 0 aliphatic carbocycles. The molecular formula is C26H24N4OS. The van der Waals surface area contributed by atoms with Crippen molar-refractivity contribution in [2.75, 3.05) is 11.1 Å². The first-order chi connectivity index (χ1) is 15.6. The number of thioether (sulfide) groups is 1. The zero-order valence-electron chi connectivity index (χ0n) is 18.1. The minimum atomic E-state index is -0.0247. The van der Waals surface area contributed by atoms with Gasteiger partial charge < -0.3 is 5.32 Å². The van der Waals surface area contributed by atoms with Crippen LogP contribution in [0.1, 0.15) is 17.5 Å². The second-order valence-electron chi connectivity index (χ2n) is 7.49. The van der Waals surface area contributed by atoms with Gasteiger partial charge in [-0.25, -0.2) is 4.98 Å². The van der Waals surface area contributed by atoms with Gasteiger partial charge in [0.15, 0.2) is 0 Å². The molecule has 0 atom stereocenters. The number of amides is 1. The summed E-state index contributed by atoms with van der Waals surface area (Å²) in [6.07, 6.45) is 0.364. The average Bonchev–Trinajstić information content (AvgIpc) is 2.82. The third-order valence-corrected chi connectivity index (χ3v) is 5.83. The molecule has 4 aromatic rings. The highest BCUT2D eigenvalue weighted by Gasteiger charge is 2.14. The summed E-state index contributed by atoms with van der Waals surface area (Å²) in [5.41, 5.74) is 6.51. The highest BCUT2D eigenvalue weighted by atomic mass is 32.2. The Balaban J connectivity index is 1.47. The quantitative estimate of drug-likeness (QED) is 0.360. The van der Waals surface area contributed by atoms with Gasteiger partial charge in [0, 0.05) is 29.0 Å². The number of carbonyl (C=O) groups is 1. The molecule has 0 saturated heterocycles. The summed E-state index contributed by atoms with van der Waals surface area (Å²) in [7, 11) is 0. The smallest absolute Gasteiger partial charge is 0.225 e. The molecule has 0 bridgehead atoms. The van der Waals surface area contributed by atoms with E-state index in [0.717, 1.165) is 39.3 Å². The minimum Gasteiger partial charge on any atom is -0.326 e.